The molecule has 4 nitrogen and oxygen atoms in total. The van der Waals surface area contributed by atoms with E-state index in [9.17, 15) is 4.79 Å². The molecule has 0 radical (unpaired) electrons. The van der Waals surface area contributed by atoms with Crippen LogP contribution >= 0.6 is 0 Å². The van der Waals surface area contributed by atoms with Gasteiger partial charge >= 0.3 is 0 Å². The van der Waals surface area contributed by atoms with E-state index in [0.29, 0.717) is 6.42 Å². The third kappa shape index (κ3) is 2.59. The average Bonchev–Trinajstić information content (AvgIpc) is 2.64. The van der Waals surface area contributed by atoms with Gasteiger partial charge in [0.1, 0.15) is 5.75 Å². The molecule has 2 unspecified atom stereocenters. The van der Waals surface area contributed by atoms with Gasteiger partial charge in [0.25, 0.3) is 0 Å². The van der Waals surface area contributed by atoms with Crippen molar-refractivity contribution in [2.24, 2.45) is 5.73 Å². The van der Waals surface area contributed by atoms with Crippen molar-refractivity contribution in [3.63, 3.8) is 0 Å². The summed E-state index contributed by atoms with van der Waals surface area (Å²) in [5.41, 5.74) is 6.97. The predicted octanol–water partition coefficient (Wildman–Crippen LogP) is 2.09. The van der Waals surface area contributed by atoms with Crippen molar-refractivity contribution in [1.29, 1.82) is 0 Å². The molecule has 4 heteroatoms. The molecule has 1 heterocycles. The second-order valence-electron chi connectivity index (χ2n) is 6.02. The molecule has 1 aromatic rings. The Morgan fingerprint density at radius 3 is 2.63 bits per heavy atom. The largest absolute Gasteiger partial charge is 0.497 e. The second-order valence-corrected chi connectivity index (χ2v) is 6.02. The van der Waals surface area contributed by atoms with Crippen LogP contribution in [0.15, 0.2) is 24.3 Å². The monoisotopic (exact) mass is 262 g/mol. The van der Waals surface area contributed by atoms with Gasteiger partial charge in [-0.3, -0.25) is 4.79 Å². The SMILES string of the molecule is COc1cccc(C2C(N)CC(=O)N2C(C)(C)C)c1. The Kier molecular flexibility index (Phi) is 3.54. The zero-order valence-corrected chi connectivity index (χ0v) is 12.0. The first-order valence-corrected chi connectivity index (χ1v) is 6.56. The minimum Gasteiger partial charge on any atom is -0.497 e. The van der Waals surface area contributed by atoms with E-state index < -0.39 is 0 Å². The standard InChI is InChI=1S/C15H22N2O2/c1-15(2,3)17-13(18)9-12(16)14(17)10-6-5-7-11(8-10)19-4/h5-8,12,14H,9,16H2,1-4H3. The van der Waals surface area contributed by atoms with E-state index in [1.807, 2.05) is 49.9 Å². The molecule has 0 saturated carbocycles. The first-order valence-electron chi connectivity index (χ1n) is 6.56. The maximum Gasteiger partial charge on any atom is 0.225 e. The first kappa shape index (κ1) is 13.9. The number of hydrogen-bond donors (Lipinski definition) is 1. The van der Waals surface area contributed by atoms with Crippen LogP contribution in [-0.4, -0.2) is 29.5 Å². The van der Waals surface area contributed by atoms with Crippen molar-refractivity contribution in [1.82, 2.24) is 4.90 Å². The Morgan fingerprint density at radius 2 is 2.05 bits per heavy atom. The summed E-state index contributed by atoms with van der Waals surface area (Å²) < 4.78 is 5.25. The molecule has 2 atom stereocenters. The van der Waals surface area contributed by atoms with Gasteiger partial charge in [0, 0.05) is 18.0 Å². The summed E-state index contributed by atoms with van der Waals surface area (Å²) in [6, 6.07) is 7.55. The van der Waals surface area contributed by atoms with E-state index in [-0.39, 0.29) is 23.5 Å². The highest BCUT2D eigenvalue weighted by molar-refractivity contribution is 5.81. The molecule has 1 aliphatic rings. The lowest BCUT2D eigenvalue weighted by Crippen LogP contribution is -2.45. The van der Waals surface area contributed by atoms with Gasteiger partial charge in [-0.15, -0.1) is 0 Å². The molecule has 1 amide bonds. The van der Waals surface area contributed by atoms with E-state index in [0.717, 1.165) is 11.3 Å². The number of carbonyl (C=O) groups excluding carboxylic acids is 1. The molecule has 19 heavy (non-hydrogen) atoms. The van der Waals surface area contributed by atoms with Gasteiger partial charge in [-0.05, 0) is 38.5 Å². The third-order valence-corrected chi connectivity index (χ3v) is 3.52. The number of likely N-dealkylation sites (tertiary alicyclic amines) is 1. The lowest BCUT2D eigenvalue weighted by molar-refractivity contribution is -0.133. The van der Waals surface area contributed by atoms with Crippen LogP contribution in [0.5, 0.6) is 5.75 Å². The van der Waals surface area contributed by atoms with E-state index in [2.05, 4.69) is 0 Å². The fraction of sp³-hybridized carbons (Fsp3) is 0.533. The molecule has 0 aliphatic carbocycles. The van der Waals surface area contributed by atoms with Crippen LogP contribution in [0.4, 0.5) is 0 Å². The van der Waals surface area contributed by atoms with Gasteiger partial charge in [0.2, 0.25) is 5.91 Å². The van der Waals surface area contributed by atoms with E-state index >= 15 is 0 Å². The van der Waals surface area contributed by atoms with E-state index in [4.69, 9.17) is 10.5 Å². The van der Waals surface area contributed by atoms with Gasteiger partial charge in [-0.2, -0.15) is 0 Å². The van der Waals surface area contributed by atoms with Crippen molar-refractivity contribution in [3.05, 3.63) is 29.8 Å². The zero-order valence-electron chi connectivity index (χ0n) is 12.0. The van der Waals surface area contributed by atoms with Gasteiger partial charge in [0.05, 0.1) is 13.2 Å². The molecule has 2 N–H and O–H groups in total. The van der Waals surface area contributed by atoms with Crippen LogP contribution in [0.25, 0.3) is 0 Å². The van der Waals surface area contributed by atoms with Crippen molar-refractivity contribution >= 4 is 5.91 Å². The number of carbonyl (C=O) groups is 1. The Hall–Kier alpha value is -1.55. The Balaban J connectivity index is 2.42. The van der Waals surface area contributed by atoms with Crippen molar-refractivity contribution < 1.29 is 9.53 Å². The van der Waals surface area contributed by atoms with Gasteiger partial charge in [-0.25, -0.2) is 0 Å². The van der Waals surface area contributed by atoms with Crippen LogP contribution < -0.4 is 10.5 Å². The summed E-state index contributed by atoms with van der Waals surface area (Å²) in [5, 5.41) is 0. The number of nitrogens with zero attached hydrogens (tertiary/aromatic N) is 1. The molecule has 0 aromatic heterocycles. The summed E-state index contributed by atoms with van der Waals surface area (Å²) in [6.07, 6.45) is 0.402. The lowest BCUT2D eigenvalue weighted by Gasteiger charge is -2.38. The smallest absolute Gasteiger partial charge is 0.225 e. The summed E-state index contributed by atoms with van der Waals surface area (Å²) in [7, 11) is 1.64. The molecular weight excluding hydrogens is 240 g/mol. The zero-order chi connectivity index (χ0) is 14.2. The minimum absolute atomic E-state index is 0.0809. The summed E-state index contributed by atoms with van der Waals surface area (Å²) >= 11 is 0. The van der Waals surface area contributed by atoms with E-state index in [1.165, 1.54) is 0 Å². The Labute approximate surface area is 114 Å². The van der Waals surface area contributed by atoms with Gasteiger partial charge in [-0.1, -0.05) is 12.1 Å². The predicted molar refractivity (Wildman–Crippen MR) is 74.9 cm³/mol. The maximum absolute atomic E-state index is 12.2. The Morgan fingerprint density at radius 1 is 1.37 bits per heavy atom. The number of hydrogen-bond acceptors (Lipinski definition) is 3. The van der Waals surface area contributed by atoms with E-state index in [1.54, 1.807) is 7.11 Å². The number of amides is 1. The van der Waals surface area contributed by atoms with Crippen molar-refractivity contribution in [3.8, 4) is 5.75 Å². The number of methoxy groups -OCH3 is 1. The molecular formula is C15H22N2O2. The van der Waals surface area contributed by atoms with Gasteiger partial charge in [0.15, 0.2) is 0 Å². The highest BCUT2D eigenvalue weighted by atomic mass is 16.5. The summed E-state index contributed by atoms with van der Waals surface area (Å²) in [5.74, 6) is 0.908. The molecule has 2 rings (SSSR count). The fourth-order valence-corrected chi connectivity index (χ4v) is 2.77. The van der Waals surface area contributed by atoms with Crippen LogP contribution in [0.3, 0.4) is 0 Å². The van der Waals surface area contributed by atoms with Crippen molar-refractivity contribution in [2.45, 2.75) is 44.8 Å². The van der Waals surface area contributed by atoms with Crippen LogP contribution in [0.2, 0.25) is 0 Å². The molecule has 1 aliphatic heterocycles. The molecule has 1 aromatic carbocycles. The normalized spacial score (nSPS) is 23.8. The van der Waals surface area contributed by atoms with Gasteiger partial charge < -0.3 is 15.4 Å². The molecule has 0 spiro atoms. The number of rotatable bonds is 2. The molecule has 1 fully saturated rings. The highest BCUT2D eigenvalue weighted by Crippen LogP contribution is 2.38. The molecule has 0 bridgehead atoms. The average molecular weight is 262 g/mol. The van der Waals surface area contributed by atoms with Crippen LogP contribution in [-0.2, 0) is 4.79 Å². The summed E-state index contributed by atoms with van der Waals surface area (Å²) in [4.78, 5) is 14.1. The van der Waals surface area contributed by atoms with Crippen LogP contribution in [0.1, 0.15) is 38.8 Å². The third-order valence-electron chi connectivity index (χ3n) is 3.52. The van der Waals surface area contributed by atoms with Crippen molar-refractivity contribution in [2.75, 3.05) is 7.11 Å². The summed E-state index contributed by atoms with van der Waals surface area (Å²) in [6.45, 7) is 6.11. The number of nitrogens with two attached hydrogens (primary N) is 1. The number of ether oxygens (including phenoxy) is 1. The first-order chi connectivity index (χ1) is 8.84. The number of benzene rings is 1. The highest BCUT2D eigenvalue weighted by Gasteiger charge is 2.43. The molecule has 104 valence electrons. The quantitative estimate of drug-likeness (QED) is 0.888. The maximum atomic E-state index is 12.2. The molecule has 1 saturated heterocycles. The minimum atomic E-state index is -0.237. The lowest BCUT2D eigenvalue weighted by atomic mass is 9.97. The second kappa shape index (κ2) is 4.85. The van der Waals surface area contributed by atoms with Crippen LogP contribution in [0, 0.1) is 0 Å². The fourth-order valence-electron chi connectivity index (χ4n) is 2.77. The Bertz CT molecular complexity index is 479. The topological polar surface area (TPSA) is 55.6 Å².